The first kappa shape index (κ1) is 9.90. The van der Waals surface area contributed by atoms with E-state index in [2.05, 4.69) is 0 Å². The molecular weight excluding hydrogens is 198 g/mol. The first-order valence-electron chi connectivity index (χ1n) is 7.08. The van der Waals surface area contributed by atoms with E-state index >= 15 is 0 Å². The summed E-state index contributed by atoms with van der Waals surface area (Å²) < 4.78 is 6.34. The fourth-order valence-corrected chi connectivity index (χ4v) is 4.81. The minimum atomic E-state index is 0.0727. The molecule has 5 aliphatic carbocycles. The second kappa shape index (κ2) is 3.02. The first-order chi connectivity index (χ1) is 7.65. The van der Waals surface area contributed by atoms with Gasteiger partial charge in [0.25, 0.3) is 0 Å². The predicted octanol–water partition coefficient (Wildman–Crippen LogP) is 2.46. The maximum absolute atomic E-state index is 6.34. The highest BCUT2D eigenvalue weighted by Crippen LogP contribution is 2.57. The molecule has 2 heteroatoms. The number of hydrogen-bond donors (Lipinski definition) is 1. The molecule has 0 aliphatic heterocycles. The van der Waals surface area contributed by atoms with Crippen molar-refractivity contribution in [1.29, 1.82) is 0 Å². The summed E-state index contributed by atoms with van der Waals surface area (Å²) in [4.78, 5) is 0. The molecule has 0 atom stereocenters. The molecule has 5 fully saturated rings. The van der Waals surface area contributed by atoms with Crippen molar-refractivity contribution in [1.82, 2.24) is 0 Å². The van der Waals surface area contributed by atoms with Crippen LogP contribution in [0.5, 0.6) is 0 Å². The number of ether oxygens (including phenoxy) is 1. The van der Waals surface area contributed by atoms with Gasteiger partial charge in [0.2, 0.25) is 0 Å². The van der Waals surface area contributed by atoms with E-state index in [9.17, 15) is 0 Å². The monoisotopic (exact) mass is 221 g/mol. The van der Waals surface area contributed by atoms with Crippen molar-refractivity contribution in [3.05, 3.63) is 0 Å². The van der Waals surface area contributed by atoms with E-state index in [1.807, 2.05) is 0 Å². The highest BCUT2D eigenvalue weighted by molar-refractivity contribution is 5.05. The SMILES string of the molecule is NC1(COC23CC4CC(CC(C4)C2)C3)CC1. The summed E-state index contributed by atoms with van der Waals surface area (Å²) in [5.74, 6) is 2.96. The third kappa shape index (κ3) is 1.53. The van der Waals surface area contributed by atoms with Crippen LogP contribution in [0.2, 0.25) is 0 Å². The molecule has 2 N–H and O–H groups in total. The Labute approximate surface area is 97.9 Å². The molecule has 0 amide bonds. The van der Waals surface area contributed by atoms with Crippen LogP contribution in [0.4, 0.5) is 0 Å². The molecule has 16 heavy (non-hydrogen) atoms. The minimum Gasteiger partial charge on any atom is -0.373 e. The Bertz CT molecular complexity index is 273. The smallest absolute Gasteiger partial charge is 0.0691 e. The molecule has 0 unspecified atom stereocenters. The number of rotatable bonds is 3. The molecule has 5 rings (SSSR count). The van der Waals surface area contributed by atoms with Crippen LogP contribution < -0.4 is 5.73 Å². The fraction of sp³-hybridized carbons (Fsp3) is 1.00. The van der Waals surface area contributed by atoms with Crippen molar-refractivity contribution < 1.29 is 4.74 Å². The fourth-order valence-electron chi connectivity index (χ4n) is 4.81. The molecule has 0 radical (unpaired) electrons. The van der Waals surface area contributed by atoms with Gasteiger partial charge in [-0.1, -0.05) is 0 Å². The molecule has 0 aromatic rings. The number of hydrogen-bond acceptors (Lipinski definition) is 2. The largest absolute Gasteiger partial charge is 0.373 e. The maximum Gasteiger partial charge on any atom is 0.0691 e. The number of nitrogens with two attached hydrogens (primary N) is 1. The Kier molecular flexibility index (Phi) is 1.87. The van der Waals surface area contributed by atoms with Gasteiger partial charge in [-0.3, -0.25) is 0 Å². The van der Waals surface area contributed by atoms with Gasteiger partial charge in [-0.15, -0.1) is 0 Å². The third-order valence-electron chi connectivity index (χ3n) is 5.54. The van der Waals surface area contributed by atoms with E-state index in [0.29, 0.717) is 0 Å². The van der Waals surface area contributed by atoms with E-state index in [-0.39, 0.29) is 11.1 Å². The van der Waals surface area contributed by atoms with Crippen LogP contribution in [0.15, 0.2) is 0 Å². The summed E-state index contributed by atoms with van der Waals surface area (Å²) in [6.07, 6.45) is 10.9. The molecule has 0 saturated heterocycles. The van der Waals surface area contributed by atoms with E-state index in [0.717, 1.165) is 24.4 Å². The van der Waals surface area contributed by atoms with Crippen molar-refractivity contribution in [3.63, 3.8) is 0 Å². The van der Waals surface area contributed by atoms with Crippen LogP contribution in [0, 0.1) is 17.8 Å². The van der Waals surface area contributed by atoms with Crippen LogP contribution in [0.1, 0.15) is 51.4 Å². The highest BCUT2D eigenvalue weighted by atomic mass is 16.5. The van der Waals surface area contributed by atoms with Gasteiger partial charge >= 0.3 is 0 Å². The van der Waals surface area contributed by atoms with Crippen LogP contribution >= 0.6 is 0 Å². The third-order valence-corrected chi connectivity index (χ3v) is 5.54. The van der Waals surface area contributed by atoms with Crippen molar-refractivity contribution in [2.24, 2.45) is 23.5 Å². The molecule has 5 aliphatic rings. The van der Waals surface area contributed by atoms with Crippen molar-refractivity contribution in [2.75, 3.05) is 6.61 Å². The molecule has 2 nitrogen and oxygen atoms in total. The molecule has 0 aromatic carbocycles. The van der Waals surface area contributed by atoms with E-state index in [1.54, 1.807) is 0 Å². The second-order valence-electron chi connectivity index (χ2n) is 7.25. The van der Waals surface area contributed by atoms with Gasteiger partial charge in [0.1, 0.15) is 0 Å². The average Bonchev–Trinajstić information content (AvgIpc) is 2.93. The predicted molar refractivity (Wildman–Crippen MR) is 63.0 cm³/mol. The summed E-state index contributed by atoms with van der Waals surface area (Å²) in [6, 6.07) is 0. The van der Waals surface area contributed by atoms with Crippen LogP contribution in [0.25, 0.3) is 0 Å². The van der Waals surface area contributed by atoms with E-state index in [4.69, 9.17) is 10.5 Å². The van der Waals surface area contributed by atoms with Crippen molar-refractivity contribution in [3.8, 4) is 0 Å². The lowest BCUT2D eigenvalue weighted by atomic mass is 9.54. The molecule has 5 saturated carbocycles. The Hall–Kier alpha value is -0.0800. The quantitative estimate of drug-likeness (QED) is 0.794. The van der Waals surface area contributed by atoms with Crippen LogP contribution in [-0.4, -0.2) is 17.7 Å². The first-order valence-corrected chi connectivity index (χ1v) is 7.08. The molecule has 90 valence electrons. The summed E-state index contributed by atoms with van der Waals surface area (Å²) in [7, 11) is 0. The minimum absolute atomic E-state index is 0.0727. The zero-order chi connectivity index (χ0) is 10.8. The molecule has 0 heterocycles. The van der Waals surface area contributed by atoms with Gasteiger partial charge in [-0.25, -0.2) is 0 Å². The molecule has 4 bridgehead atoms. The van der Waals surface area contributed by atoms with Crippen LogP contribution in [0.3, 0.4) is 0 Å². The average molecular weight is 221 g/mol. The van der Waals surface area contributed by atoms with E-state index < -0.39 is 0 Å². The van der Waals surface area contributed by atoms with Gasteiger partial charge in [0.15, 0.2) is 0 Å². The summed E-state index contributed by atoms with van der Waals surface area (Å²) in [5.41, 5.74) is 6.49. The lowest BCUT2D eigenvalue weighted by Crippen LogP contribution is -2.53. The van der Waals surface area contributed by atoms with Gasteiger partial charge in [-0.2, -0.15) is 0 Å². The van der Waals surface area contributed by atoms with Crippen LogP contribution in [-0.2, 0) is 4.74 Å². The Morgan fingerprint density at radius 3 is 1.88 bits per heavy atom. The van der Waals surface area contributed by atoms with E-state index in [1.165, 1.54) is 51.4 Å². The maximum atomic E-state index is 6.34. The Balaban J connectivity index is 1.49. The topological polar surface area (TPSA) is 35.2 Å². The zero-order valence-corrected chi connectivity index (χ0v) is 10.1. The summed E-state index contributed by atoms with van der Waals surface area (Å²) >= 11 is 0. The van der Waals surface area contributed by atoms with Gasteiger partial charge in [-0.05, 0) is 69.1 Å². The van der Waals surface area contributed by atoms with Gasteiger partial charge in [0, 0.05) is 5.54 Å². The molecule has 0 aromatic heterocycles. The lowest BCUT2D eigenvalue weighted by molar-refractivity contribution is -0.165. The van der Waals surface area contributed by atoms with Gasteiger partial charge < -0.3 is 10.5 Å². The molecular formula is C14H23NO. The normalized spacial score (nSPS) is 51.9. The summed E-state index contributed by atoms with van der Waals surface area (Å²) in [5, 5.41) is 0. The standard InChI is InChI=1S/C14H23NO/c15-13(1-2-13)9-16-14-6-10-3-11(7-14)5-12(4-10)8-14/h10-12H,1-9,15H2. The lowest BCUT2D eigenvalue weighted by Gasteiger charge is -2.56. The van der Waals surface area contributed by atoms with Gasteiger partial charge in [0.05, 0.1) is 12.2 Å². The second-order valence-corrected chi connectivity index (χ2v) is 7.25. The highest BCUT2D eigenvalue weighted by Gasteiger charge is 2.53. The summed E-state index contributed by atoms with van der Waals surface area (Å²) in [6.45, 7) is 0.833. The van der Waals surface area contributed by atoms with Crippen molar-refractivity contribution in [2.45, 2.75) is 62.5 Å². The Morgan fingerprint density at radius 2 is 1.44 bits per heavy atom. The Morgan fingerprint density at radius 1 is 0.938 bits per heavy atom. The zero-order valence-electron chi connectivity index (χ0n) is 10.1. The van der Waals surface area contributed by atoms with Crippen molar-refractivity contribution >= 4 is 0 Å². The molecule has 0 spiro atoms.